The summed E-state index contributed by atoms with van der Waals surface area (Å²) in [5.74, 6) is 0.848. The SMILES string of the molecule is COc1cc(C(=O)O)c2nc(CC(OC3CCCC3)(C3CC3)[C@H](O)c3cc(OC)c(C)c(OC)c3)sc2c1. The van der Waals surface area contributed by atoms with Crippen LogP contribution >= 0.6 is 11.3 Å². The summed E-state index contributed by atoms with van der Waals surface area (Å²) in [6.45, 7) is 1.92. The first-order chi connectivity index (χ1) is 18.3. The summed E-state index contributed by atoms with van der Waals surface area (Å²) in [6.07, 6.45) is 5.50. The summed E-state index contributed by atoms with van der Waals surface area (Å²) in [6, 6.07) is 7.04. The maximum Gasteiger partial charge on any atom is 0.338 e. The number of benzene rings is 2. The van der Waals surface area contributed by atoms with Crippen molar-refractivity contribution in [2.75, 3.05) is 21.3 Å². The summed E-state index contributed by atoms with van der Waals surface area (Å²) in [5, 5.41) is 22.7. The molecule has 2 aromatic carbocycles. The van der Waals surface area contributed by atoms with Crippen molar-refractivity contribution < 1.29 is 34.0 Å². The van der Waals surface area contributed by atoms with Crippen LogP contribution in [0.4, 0.5) is 0 Å². The molecule has 204 valence electrons. The standard InChI is InChI=1S/C29H35NO7S/c1-16-22(35-3)11-17(12-23(16)36-4)27(31)29(18-9-10-18,37-19-7-5-6-8-19)15-25-30-26-21(28(32)33)13-20(34-2)14-24(26)38-25/h11-14,18-19,27,31H,5-10,15H2,1-4H3,(H,32,33)/t27-,29?/m1/s1. The molecule has 3 aromatic rings. The van der Waals surface area contributed by atoms with Crippen molar-refractivity contribution in [1.82, 2.24) is 4.98 Å². The van der Waals surface area contributed by atoms with Gasteiger partial charge in [0.25, 0.3) is 0 Å². The molecule has 0 aliphatic heterocycles. The number of carboxylic acid groups (broad SMARTS) is 1. The molecule has 2 N–H and O–H groups in total. The molecule has 0 bridgehead atoms. The lowest BCUT2D eigenvalue weighted by Crippen LogP contribution is -2.46. The Morgan fingerprint density at radius 1 is 1.05 bits per heavy atom. The summed E-state index contributed by atoms with van der Waals surface area (Å²) < 4.78 is 24.2. The van der Waals surface area contributed by atoms with Gasteiger partial charge in [-0.15, -0.1) is 11.3 Å². The predicted molar refractivity (Wildman–Crippen MR) is 145 cm³/mol. The van der Waals surface area contributed by atoms with E-state index in [1.165, 1.54) is 24.5 Å². The van der Waals surface area contributed by atoms with Gasteiger partial charge in [-0.2, -0.15) is 0 Å². The molecule has 2 fully saturated rings. The number of methoxy groups -OCH3 is 3. The Morgan fingerprint density at radius 3 is 2.26 bits per heavy atom. The summed E-state index contributed by atoms with van der Waals surface area (Å²) in [5.41, 5.74) is 1.15. The van der Waals surface area contributed by atoms with E-state index in [2.05, 4.69) is 0 Å². The average molecular weight is 542 g/mol. The van der Waals surface area contributed by atoms with Crippen LogP contribution < -0.4 is 14.2 Å². The number of ether oxygens (including phenoxy) is 4. The highest BCUT2D eigenvalue weighted by Gasteiger charge is 2.54. The molecule has 5 rings (SSSR count). The van der Waals surface area contributed by atoms with Gasteiger partial charge in [-0.1, -0.05) is 12.8 Å². The van der Waals surface area contributed by atoms with Crippen molar-refractivity contribution >= 4 is 27.5 Å². The smallest absolute Gasteiger partial charge is 0.338 e. The quantitative estimate of drug-likeness (QED) is 0.318. The Morgan fingerprint density at radius 2 is 1.71 bits per heavy atom. The Kier molecular flexibility index (Phi) is 7.53. The molecule has 38 heavy (non-hydrogen) atoms. The number of aliphatic hydroxyl groups excluding tert-OH is 1. The molecule has 1 heterocycles. The van der Waals surface area contributed by atoms with Gasteiger partial charge in [0.15, 0.2) is 0 Å². The molecule has 9 heteroatoms. The van der Waals surface area contributed by atoms with Crippen molar-refractivity contribution in [3.63, 3.8) is 0 Å². The fourth-order valence-electron chi connectivity index (χ4n) is 5.74. The van der Waals surface area contributed by atoms with Gasteiger partial charge in [0.2, 0.25) is 0 Å². The van der Waals surface area contributed by atoms with Crippen molar-refractivity contribution in [1.29, 1.82) is 0 Å². The van der Waals surface area contributed by atoms with Crippen LogP contribution in [0.3, 0.4) is 0 Å². The van der Waals surface area contributed by atoms with Crippen LogP contribution in [0.1, 0.15) is 71.1 Å². The van der Waals surface area contributed by atoms with Crippen molar-refractivity contribution in [3.05, 3.63) is 46.0 Å². The van der Waals surface area contributed by atoms with E-state index in [-0.39, 0.29) is 17.6 Å². The van der Waals surface area contributed by atoms with E-state index in [1.807, 2.05) is 25.1 Å². The van der Waals surface area contributed by atoms with E-state index in [9.17, 15) is 15.0 Å². The molecular formula is C29H35NO7S. The molecule has 2 aliphatic rings. The lowest BCUT2D eigenvalue weighted by Gasteiger charge is -2.40. The molecule has 2 saturated carbocycles. The first-order valence-electron chi connectivity index (χ1n) is 13.1. The highest BCUT2D eigenvalue weighted by molar-refractivity contribution is 7.18. The van der Waals surface area contributed by atoms with Crippen LogP contribution in [-0.2, 0) is 11.2 Å². The van der Waals surface area contributed by atoms with Gasteiger partial charge in [-0.25, -0.2) is 9.78 Å². The number of hydrogen-bond acceptors (Lipinski definition) is 8. The van der Waals surface area contributed by atoms with E-state index < -0.39 is 17.7 Å². The minimum atomic E-state index is -1.06. The van der Waals surface area contributed by atoms with Crippen LogP contribution in [0.5, 0.6) is 17.2 Å². The number of aromatic nitrogens is 1. The van der Waals surface area contributed by atoms with Crippen LogP contribution in [0, 0.1) is 12.8 Å². The van der Waals surface area contributed by atoms with Crippen LogP contribution in [0.15, 0.2) is 24.3 Å². The lowest BCUT2D eigenvalue weighted by molar-refractivity contribution is -0.169. The molecule has 2 aliphatic carbocycles. The van der Waals surface area contributed by atoms with Crippen molar-refractivity contribution in [3.8, 4) is 17.2 Å². The Balaban J connectivity index is 1.61. The van der Waals surface area contributed by atoms with E-state index in [0.717, 1.165) is 53.8 Å². The fraction of sp³-hybridized carbons (Fsp3) is 0.517. The van der Waals surface area contributed by atoms with Crippen LogP contribution in [0.25, 0.3) is 10.2 Å². The molecule has 0 radical (unpaired) electrons. The van der Waals surface area contributed by atoms with Gasteiger partial charge in [0.1, 0.15) is 29.0 Å². The average Bonchev–Trinajstić information content (AvgIpc) is 3.51. The van der Waals surface area contributed by atoms with E-state index in [1.54, 1.807) is 14.2 Å². The second-order valence-corrected chi connectivity index (χ2v) is 11.4. The van der Waals surface area contributed by atoms with Gasteiger partial charge >= 0.3 is 5.97 Å². The Labute approximate surface area is 226 Å². The van der Waals surface area contributed by atoms with Gasteiger partial charge in [-0.05, 0) is 68.4 Å². The number of carboxylic acids is 1. The zero-order valence-corrected chi connectivity index (χ0v) is 23.1. The largest absolute Gasteiger partial charge is 0.497 e. The maximum absolute atomic E-state index is 12.1. The highest BCUT2D eigenvalue weighted by Crippen LogP contribution is 2.53. The normalized spacial score (nSPS) is 18.3. The Bertz CT molecular complexity index is 1300. The number of hydrogen-bond donors (Lipinski definition) is 2. The maximum atomic E-state index is 12.1. The predicted octanol–water partition coefficient (Wildman–Crippen LogP) is 5.71. The topological polar surface area (TPSA) is 107 Å². The molecule has 1 unspecified atom stereocenters. The van der Waals surface area contributed by atoms with E-state index in [4.69, 9.17) is 23.9 Å². The number of aromatic carboxylic acids is 1. The first-order valence-corrected chi connectivity index (χ1v) is 13.9. The third kappa shape index (κ3) is 4.95. The molecule has 0 spiro atoms. The summed E-state index contributed by atoms with van der Waals surface area (Å²) in [4.78, 5) is 16.8. The van der Waals surface area contributed by atoms with Crippen LogP contribution in [0.2, 0.25) is 0 Å². The molecular weight excluding hydrogens is 506 g/mol. The minimum absolute atomic E-state index is 0.0588. The number of fused-ring (bicyclic) bond motifs is 1. The molecule has 8 nitrogen and oxygen atoms in total. The number of thiazole rings is 1. The number of aliphatic hydroxyl groups is 1. The van der Waals surface area contributed by atoms with Gasteiger partial charge in [0.05, 0.1) is 48.2 Å². The lowest BCUT2D eigenvalue weighted by atomic mass is 9.82. The Hall–Kier alpha value is -2.88. The second kappa shape index (κ2) is 10.7. The minimum Gasteiger partial charge on any atom is -0.497 e. The molecule has 0 saturated heterocycles. The third-order valence-electron chi connectivity index (χ3n) is 7.92. The van der Waals surface area contributed by atoms with Crippen molar-refractivity contribution in [2.45, 2.75) is 69.7 Å². The first kappa shape index (κ1) is 26.7. The monoisotopic (exact) mass is 541 g/mol. The van der Waals surface area contributed by atoms with E-state index >= 15 is 0 Å². The molecule has 1 aromatic heterocycles. The van der Waals surface area contributed by atoms with Crippen LogP contribution in [-0.4, -0.2) is 54.2 Å². The van der Waals surface area contributed by atoms with E-state index in [0.29, 0.717) is 34.7 Å². The van der Waals surface area contributed by atoms with Gasteiger partial charge in [0, 0.05) is 12.0 Å². The van der Waals surface area contributed by atoms with Gasteiger partial charge in [-0.3, -0.25) is 0 Å². The van der Waals surface area contributed by atoms with Gasteiger partial charge < -0.3 is 29.2 Å². The molecule has 0 amide bonds. The fourth-order valence-corrected chi connectivity index (χ4v) is 6.86. The summed E-state index contributed by atoms with van der Waals surface area (Å²) in [7, 11) is 4.73. The zero-order chi connectivity index (χ0) is 27.0. The number of nitrogens with zero attached hydrogens (tertiary/aromatic N) is 1. The third-order valence-corrected chi connectivity index (χ3v) is 8.92. The summed E-state index contributed by atoms with van der Waals surface area (Å²) >= 11 is 1.42. The highest BCUT2D eigenvalue weighted by atomic mass is 32.1. The zero-order valence-electron chi connectivity index (χ0n) is 22.3. The van der Waals surface area contributed by atoms with Crippen molar-refractivity contribution in [2.24, 2.45) is 5.92 Å². The number of rotatable bonds is 11. The second-order valence-electron chi connectivity index (χ2n) is 10.3. The number of carbonyl (C=O) groups is 1. The molecule has 2 atom stereocenters.